The zero-order valence-corrected chi connectivity index (χ0v) is 55.0. The van der Waals surface area contributed by atoms with E-state index in [4.69, 9.17) is 60.8 Å². The highest BCUT2D eigenvalue weighted by Crippen LogP contribution is 2.42. The molecule has 1 saturated heterocycles. The molecule has 16 heteroatoms. The fourth-order valence-electron chi connectivity index (χ4n) is 11.3. The summed E-state index contributed by atoms with van der Waals surface area (Å²) in [5, 5.41) is 2.57. The minimum Gasteiger partial charge on any atom is -0.399 e. The van der Waals surface area contributed by atoms with Crippen LogP contribution in [0.2, 0.25) is 5.28 Å². The van der Waals surface area contributed by atoms with E-state index in [1.54, 1.807) is 22.7 Å². The van der Waals surface area contributed by atoms with Gasteiger partial charge in [-0.2, -0.15) is 0 Å². The molecule has 1 aliphatic heterocycles. The van der Waals surface area contributed by atoms with Gasteiger partial charge in [0, 0.05) is 70.2 Å². The second-order valence-electron chi connectivity index (χ2n) is 23.9. The van der Waals surface area contributed by atoms with E-state index in [0.29, 0.717) is 46.1 Å². The van der Waals surface area contributed by atoms with Gasteiger partial charge in [-0.25, -0.2) is 49.8 Å². The average Bonchev–Trinajstić information content (AvgIpc) is 1.61. The lowest BCUT2D eigenvalue weighted by Gasteiger charge is -2.32. The van der Waals surface area contributed by atoms with Crippen molar-refractivity contribution in [2.45, 2.75) is 38.9 Å². The van der Waals surface area contributed by atoms with Crippen LogP contribution < -0.4 is 5.46 Å². The molecule has 1 aliphatic rings. The Morgan fingerprint density at radius 1 is 0.281 bits per heavy atom. The zero-order chi connectivity index (χ0) is 65.2. The van der Waals surface area contributed by atoms with Crippen molar-refractivity contribution < 1.29 is 9.31 Å². The predicted molar refractivity (Wildman–Crippen MR) is 393 cm³/mol. The minimum absolute atomic E-state index is 0.292. The number of hydrogen-bond donors (Lipinski definition) is 0. The third-order valence-corrected chi connectivity index (χ3v) is 19.5. The molecule has 17 rings (SSSR count). The highest BCUT2D eigenvalue weighted by Gasteiger charge is 2.51. The average molecular weight is 1300 g/mol. The quantitative estimate of drug-likeness (QED) is 0.0948. The molecular weight excluding hydrogens is 1240 g/mol. The third-order valence-electron chi connectivity index (χ3n) is 17.0. The standard InChI is InChI=1S/C37H23N5S.C27H26BN3O2.C16H9ClN2S/c1-4-12-24(13-5-1)31-33-32(29-18-10-11-19-30(29)43-33)39-34(38-31)27-20-22-28(23-21-27)37-41-35(25-14-6-2-7-15-25)40-36(42-37)26-16-8-3-9-17-26;1-26(2)27(3,4)33-28(32-26)22-17-15-21(16-18-22)25-30-23(19-11-7-5-8-12-19)29-24(31-25)20-13-9-6-10-14-20;17-16-18-13(10-6-2-1-3-7-10)15-14(19-16)11-8-4-5-9-12(11)20-15/h1-23H;5-18H,1-4H3;1-9H. The second kappa shape index (κ2) is 26.5. The van der Waals surface area contributed by atoms with E-state index in [0.717, 1.165) is 98.1 Å². The number of hydrogen-bond acceptors (Lipinski definition) is 14. The van der Waals surface area contributed by atoms with E-state index in [9.17, 15) is 0 Å². The lowest BCUT2D eigenvalue weighted by Crippen LogP contribution is -2.41. The van der Waals surface area contributed by atoms with Crippen LogP contribution in [-0.4, -0.2) is 68.2 Å². The molecular formula is C80H58BClN10O2S2. The van der Waals surface area contributed by atoms with Crippen LogP contribution in [0.15, 0.2) is 279 Å². The van der Waals surface area contributed by atoms with Crippen LogP contribution in [0.25, 0.3) is 143 Å². The van der Waals surface area contributed by atoms with Gasteiger partial charge in [0.15, 0.2) is 40.8 Å². The molecule has 462 valence electrons. The van der Waals surface area contributed by atoms with Crippen molar-refractivity contribution in [1.82, 2.24) is 49.8 Å². The number of nitrogens with zero attached hydrogens (tertiary/aromatic N) is 10. The van der Waals surface area contributed by atoms with Gasteiger partial charge in [-0.1, -0.05) is 267 Å². The monoisotopic (exact) mass is 1300 g/mol. The fourth-order valence-corrected chi connectivity index (χ4v) is 13.8. The van der Waals surface area contributed by atoms with Gasteiger partial charge in [-0.15, -0.1) is 22.7 Å². The predicted octanol–water partition coefficient (Wildman–Crippen LogP) is 19.7. The summed E-state index contributed by atoms with van der Waals surface area (Å²) in [4.78, 5) is 47.9. The van der Waals surface area contributed by atoms with Gasteiger partial charge < -0.3 is 9.31 Å². The Kier molecular flexibility index (Phi) is 16.9. The van der Waals surface area contributed by atoms with Crippen LogP contribution in [0.1, 0.15) is 27.7 Å². The molecule has 12 nitrogen and oxygen atoms in total. The lowest BCUT2D eigenvalue weighted by molar-refractivity contribution is 0.00578. The van der Waals surface area contributed by atoms with Gasteiger partial charge in [0.25, 0.3) is 0 Å². The topological polar surface area (TPSA) is 147 Å². The van der Waals surface area contributed by atoms with Crippen molar-refractivity contribution in [1.29, 1.82) is 0 Å². The first-order valence-corrected chi connectivity index (χ1v) is 33.4. The van der Waals surface area contributed by atoms with Crippen LogP contribution in [0.4, 0.5) is 0 Å². The lowest BCUT2D eigenvalue weighted by atomic mass is 9.79. The highest BCUT2D eigenvalue weighted by molar-refractivity contribution is 7.26. The number of fused-ring (bicyclic) bond motifs is 6. The molecule has 0 saturated carbocycles. The van der Waals surface area contributed by atoms with Crippen molar-refractivity contribution in [2.24, 2.45) is 0 Å². The van der Waals surface area contributed by atoms with Gasteiger partial charge in [0.1, 0.15) is 0 Å². The summed E-state index contributed by atoms with van der Waals surface area (Å²) >= 11 is 9.56. The Morgan fingerprint density at radius 2 is 0.552 bits per heavy atom. The molecule has 0 atom stereocenters. The Bertz CT molecular complexity index is 5300. The van der Waals surface area contributed by atoms with Crippen LogP contribution >= 0.6 is 34.3 Å². The molecule has 0 bridgehead atoms. The number of aromatic nitrogens is 10. The minimum atomic E-state index is -0.401. The first-order valence-electron chi connectivity index (χ1n) is 31.4. The van der Waals surface area contributed by atoms with E-state index in [1.165, 1.54) is 9.40 Å². The largest absolute Gasteiger partial charge is 0.494 e. The number of thiophene rings is 2. The van der Waals surface area contributed by atoms with E-state index >= 15 is 0 Å². The van der Waals surface area contributed by atoms with Crippen LogP contribution in [0.5, 0.6) is 0 Å². The molecule has 1 fully saturated rings. The van der Waals surface area contributed by atoms with Crippen LogP contribution in [-0.2, 0) is 9.31 Å². The molecule has 6 aromatic heterocycles. The Hall–Kier alpha value is -10.9. The maximum Gasteiger partial charge on any atom is 0.494 e. The summed E-state index contributed by atoms with van der Waals surface area (Å²) in [5.74, 6) is 4.50. The van der Waals surface area contributed by atoms with Crippen molar-refractivity contribution in [3.05, 3.63) is 284 Å². The summed E-state index contributed by atoms with van der Waals surface area (Å²) in [5.41, 5.74) is 12.6. The molecule has 0 amide bonds. The molecule has 0 spiro atoms. The SMILES string of the molecule is CC1(C)OB(c2ccc(-c3nc(-c4ccccc4)nc(-c4ccccc4)n3)cc2)OC1(C)C.Clc1nc(-c2ccccc2)c2sc3ccccc3c2n1.c1ccc(-c2nc(-c3ccccc3)nc(-c3ccc(-c4nc(-c5ccccc5)c5sc6ccccc6c5n4)cc3)n2)cc1. The van der Waals surface area contributed by atoms with Crippen LogP contribution in [0, 0.1) is 0 Å². The van der Waals surface area contributed by atoms with E-state index in [1.807, 2.05) is 231 Å². The van der Waals surface area contributed by atoms with Crippen LogP contribution in [0.3, 0.4) is 0 Å². The normalized spacial score (nSPS) is 13.1. The maximum atomic E-state index is 6.19. The number of benzene rings is 10. The molecule has 96 heavy (non-hydrogen) atoms. The highest BCUT2D eigenvalue weighted by atomic mass is 35.5. The smallest absolute Gasteiger partial charge is 0.399 e. The molecule has 7 heterocycles. The van der Waals surface area contributed by atoms with E-state index in [-0.39, 0.29) is 11.2 Å². The first kappa shape index (κ1) is 61.3. The molecule has 0 N–H and O–H groups in total. The Morgan fingerprint density at radius 3 is 0.906 bits per heavy atom. The Balaban J connectivity index is 0.000000126. The maximum absolute atomic E-state index is 6.19. The molecule has 10 aromatic carbocycles. The van der Waals surface area contributed by atoms with Gasteiger partial charge in [0.05, 0.1) is 43.0 Å². The van der Waals surface area contributed by atoms with Crippen molar-refractivity contribution in [3.8, 4) is 102 Å². The third kappa shape index (κ3) is 12.7. The number of halogens is 1. The molecule has 0 aliphatic carbocycles. The van der Waals surface area contributed by atoms with Gasteiger partial charge in [-0.05, 0) is 56.9 Å². The first-order chi connectivity index (χ1) is 46.9. The van der Waals surface area contributed by atoms with Crippen molar-refractivity contribution in [3.63, 3.8) is 0 Å². The summed E-state index contributed by atoms with van der Waals surface area (Å²) in [7, 11) is -0.401. The molecule has 0 unspecified atom stereocenters. The summed E-state index contributed by atoms with van der Waals surface area (Å²) < 4.78 is 17.0. The summed E-state index contributed by atoms with van der Waals surface area (Å²) in [6.45, 7) is 8.23. The summed E-state index contributed by atoms with van der Waals surface area (Å²) in [6.07, 6.45) is 0. The van der Waals surface area contributed by atoms with Crippen molar-refractivity contribution >= 4 is 87.5 Å². The Labute approximate surface area is 568 Å². The molecule has 16 aromatic rings. The number of rotatable bonds is 10. The summed E-state index contributed by atoms with van der Waals surface area (Å²) in [6, 6.07) is 93.3. The second-order valence-corrected chi connectivity index (χ2v) is 26.3. The van der Waals surface area contributed by atoms with E-state index < -0.39 is 7.12 Å². The molecule has 0 radical (unpaired) electrons. The van der Waals surface area contributed by atoms with Gasteiger partial charge >= 0.3 is 7.12 Å². The fraction of sp³-hybridized carbons (Fsp3) is 0.0750. The zero-order valence-electron chi connectivity index (χ0n) is 52.6. The van der Waals surface area contributed by atoms with Gasteiger partial charge in [-0.3, -0.25) is 0 Å². The van der Waals surface area contributed by atoms with E-state index in [2.05, 4.69) is 86.2 Å². The van der Waals surface area contributed by atoms with Gasteiger partial charge in [0.2, 0.25) is 5.28 Å². The van der Waals surface area contributed by atoms with Crippen molar-refractivity contribution in [2.75, 3.05) is 0 Å².